The summed E-state index contributed by atoms with van der Waals surface area (Å²) in [6, 6.07) is 22.2. The summed E-state index contributed by atoms with van der Waals surface area (Å²) in [5.74, 6) is 0.412. The smallest absolute Gasteiger partial charge is 0.170 e. The first-order chi connectivity index (χ1) is 16.6. The first-order valence-corrected chi connectivity index (χ1v) is 11.0. The van der Waals surface area contributed by atoms with Crippen molar-refractivity contribution in [2.75, 3.05) is 0 Å². The molecule has 3 aromatic carbocycles. The van der Waals surface area contributed by atoms with Crippen LogP contribution in [-0.2, 0) is 6.42 Å². The molecule has 6 heteroatoms. The molecule has 5 rings (SSSR count). The van der Waals surface area contributed by atoms with Crippen LogP contribution in [0.25, 0.3) is 22.2 Å². The van der Waals surface area contributed by atoms with Gasteiger partial charge >= 0.3 is 0 Å². The zero-order valence-corrected chi connectivity index (χ0v) is 18.3. The zero-order chi connectivity index (χ0) is 23.5. The third kappa shape index (κ3) is 4.32. The van der Waals surface area contributed by atoms with Gasteiger partial charge < -0.3 is 4.98 Å². The summed E-state index contributed by atoms with van der Waals surface area (Å²) in [7, 11) is 0. The Morgan fingerprint density at radius 1 is 0.941 bits per heavy atom. The van der Waals surface area contributed by atoms with Crippen molar-refractivity contribution in [2.45, 2.75) is 19.3 Å². The number of nitriles is 1. The van der Waals surface area contributed by atoms with E-state index in [2.05, 4.69) is 21.0 Å². The Hall–Kier alpha value is -4.63. The first kappa shape index (κ1) is 21.2. The highest BCUT2D eigenvalue weighted by molar-refractivity contribution is 6.15. The zero-order valence-electron chi connectivity index (χ0n) is 18.3. The van der Waals surface area contributed by atoms with E-state index in [-0.39, 0.29) is 24.4 Å². The molecule has 0 saturated carbocycles. The topological polar surface area (TPSA) is 99.0 Å². The van der Waals surface area contributed by atoms with Crippen LogP contribution in [0.15, 0.2) is 84.0 Å². The molecule has 0 unspecified atom stereocenters. The number of rotatable bonds is 7. The van der Waals surface area contributed by atoms with Gasteiger partial charge in [0.2, 0.25) is 0 Å². The molecule has 0 atom stereocenters. The summed E-state index contributed by atoms with van der Waals surface area (Å²) in [5, 5.41) is 9.10. The molecule has 1 aliphatic rings. The minimum Gasteiger partial charge on any atom is -0.342 e. The number of nitrogens with zero attached hydrogens (tertiary/aromatic N) is 3. The maximum atomic E-state index is 12.9. The number of carbonyl (C=O) groups is 2. The van der Waals surface area contributed by atoms with Crippen molar-refractivity contribution >= 4 is 28.3 Å². The van der Waals surface area contributed by atoms with Crippen molar-refractivity contribution in [3.63, 3.8) is 0 Å². The average Bonchev–Trinajstić information content (AvgIpc) is 3.53. The largest absolute Gasteiger partial charge is 0.342 e. The van der Waals surface area contributed by atoms with Gasteiger partial charge in [0.25, 0.3) is 0 Å². The van der Waals surface area contributed by atoms with E-state index in [1.54, 1.807) is 30.5 Å². The minimum absolute atomic E-state index is 0.0338. The quantitative estimate of drug-likeness (QED) is 0.383. The predicted octanol–water partition coefficient (Wildman–Crippen LogP) is 5.46. The molecule has 0 amide bonds. The summed E-state index contributed by atoms with van der Waals surface area (Å²) in [5.41, 5.74) is 5.70. The highest BCUT2D eigenvalue weighted by Crippen LogP contribution is 2.23. The van der Waals surface area contributed by atoms with Crippen molar-refractivity contribution in [2.24, 2.45) is 4.99 Å². The molecule has 0 spiro atoms. The van der Waals surface area contributed by atoms with E-state index in [0.717, 1.165) is 22.4 Å². The third-order valence-electron chi connectivity index (χ3n) is 5.80. The number of hydrogen-bond acceptors (Lipinski definition) is 5. The lowest BCUT2D eigenvalue weighted by Gasteiger charge is -2.04. The van der Waals surface area contributed by atoms with Gasteiger partial charge in [0.15, 0.2) is 11.6 Å². The summed E-state index contributed by atoms with van der Waals surface area (Å²) in [4.78, 5) is 37.7. The van der Waals surface area contributed by atoms with Gasteiger partial charge in [-0.1, -0.05) is 48.5 Å². The molecule has 164 valence electrons. The SMILES string of the molecule is N#Cc1cccc(-c2ccc(C(=O)Cc3nc4c(C(=O)CC5=NC=CC5)cccc4[nH]3)cc2)c1. The molecule has 1 aliphatic heterocycles. The van der Waals surface area contributed by atoms with Crippen molar-refractivity contribution < 1.29 is 9.59 Å². The fourth-order valence-corrected chi connectivity index (χ4v) is 4.06. The number of H-pyrrole nitrogens is 1. The Kier molecular flexibility index (Phi) is 5.67. The number of carbonyl (C=O) groups excluding carboxylic acids is 2. The van der Waals surface area contributed by atoms with Crippen LogP contribution in [0, 0.1) is 11.3 Å². The molecule has 4 aromatic rings. The molecule has 0 bridgehead atoms. The van der Waals surface area contributed by atoms with Crippen molar-refractivity contribution in [1.29, 1.82) is 5.26 Å². The van der Waals surface area contributed by atoms with Gasteiger partial charge in [0.1, 0.15) is 5.82 Å². The maximum Gasteiger partial charge on any atom is 0.170 e. The molecule has 34 heavy (non-hydrogen) atoms. The van der Waals surface area contributed by atoms with Crippen molar-refractivity contribution in [3.05, 3.63) is 102 Å². The molecule has 0 saturated heterocycles. The molecule has 6 nitrogen and oxygen atoms in total. The molecule has 0 radical (unpaired) electrons. The summed E-state index contributed by atoms with van der Waals surface area (Å²) in [6.07, 6.45) is 4.71. The first-order valence-electron chi connectivity index (χ1n) is 11.0. The van der Waals surface area contributed by atoms with Gasteiger partial charge in [-0.25, -0.2) is 4.98 Å². The normalized spacial score (nSPS) is 12.5. The highest BCUT2D eigenvalue weighted by atomic mass is 16.1. The number of Topliss-reactive ketones (excluding diaryl/α,β-unsaturated/α-hetero) is 2. The van der Waals surface area contributed by atoms with Gasteiger partial charge in [-0.15, -0.1) is 0 Å². The Morgan fingerprint density at radius 2 is 1.76 bits per heavy atom. The molecule has 0 aliphatic carbocycles. The predicted molar refractivity (Wildman–Crippen MR) is 131 cm³/mol. The molecule has 1 N–H and O–H groups in total. The van der Waals surface area contributed by atoms with Crippen LogP contribution in [0.2, 0.25) is 0 Å². The lowest BCUT2D eigenvalue weighted by atomic mass is 10.00. The number of para-hydroxylation sites is 1. The standard InChI is InChI=1S/C28H20N4O2/c29-17-18-4-1-5-21(14-18)19-9-11-20(12-10-19)25(33)16-27-31-24-8-2-7-23(28(24)32-27)26(34)15-22-6-3-13-30-22/h1-5,7-14H,6,15-16H2,(H,31,32). The number of aromatic amines is 1. The van der Waals surface area contributed by atoms with Crippen LogP contribution in [0.5, 0.6) is 0 Å². The molecule has 2 heterocycles. The number of hydrogen-bond donors (Lipinski definition) is 1. The van der Waals surface area contributed by atoms with E-state index >= 15 is 0 Å². The number of ketones is 2. The highest BCUT2D eigenvalue weighted by Gasteiger charge is 2.18. The van der Waals surface area contributed by atoms with E-state index < -0.39 is 0 Å². The van der Waals surface area contributed by atoms with Gasteiger partial charge in [-0.05, 0) is 35.4 Å². The molecule has 0 fully saturated rings. The second-order valence-corrected chi connectivity index (χ2v) is 8.14. The van der Waals surface area contributed by atoms with Crippen LogP contribution < -0.4 is 0 Å². The molecular formula is C28H20N4O2. The van der Waals surface area contributed by atoms with Gasteiger partial charge in [-0.3, -0.25) is 14.6 Å². The Balaban J connectivity index is 1.33. The van der Waals surface area contributed by atoms with E-state index in [1.807, 2.05) is 48.5 Å². The monoisotopic (exact) mass is 444 g/mol. The van der Waals surface area contributed by atoms with E-state index in [4.69, 9.17) is 5.26 Å². The number of fused-ring (bicyclic) bond motifs is 1. The van der Waals surface area contributed by atoms with Crippen LogP contribution in [0.3, 0.4) is 0 Å². The second kappa shape index (κ2) is 9.08. The third-order valence-corrected chi connectivity index (χ3v) is 5.80. The van der Waals surface area contributed by atoms with E-state index in [0.29, 0.717) is 34.5 Å². The Labute approximate surface area is 196 Å². The fourth-order valence-electron chi connectivity index (χ4n) is 4.06. The molecular weight excluding hydrogens is 424 g/mol. The summed E-state index contributed by atoms with van der Waals surface area (Å²) in [6.45, 7) is 0. The minimum atomic E-state index is -0.0735. The van der Waals surface area contributed by atoms with E-state index in [9.17, 15) is 9.59 Å². The lowest BCUT2D eigenvalue weighted by Crippen LogP contribution is -2.07. The fraction of sp³-hybridized carbons (Fsp3) is 0.107. The average molecular weight is 444 g/mol. The van der Waals surface area contributed by atoms with Crippen LogP contribution in [-0.4, -0.2) is 27.2 Å². The number of benzene rings is 3. The van der Waals surface area contributed by atoms with Gasteiger partial charge in [0, 0.05) is 35.9 Å². The Morgan fingerprint density at radius 3 is 2.53 bits per heavy atom. The Bertz CT molecular complexity index is 1520. The van der Waals surface area contributed by atoms with Crippen molar-refractivity contribution in [3.8, 4) is 17.2 Å². The van der Waals surface area contributed by atoms with Crippen LogP contribution in [0.1, 0.15) is 44.9 Å². The lowest BCUT2D eigenvalue weighted by molar-refractivity contribution is 0.0987. The van der Waals surface area contributed by atoms with Gasteiger partial charge in [0.05, 0.1) is 29.1 Å². The van der Waals surface area contributed by atoms with Crippen molar-refractivity contribution in [1.82, 2.24) is 9.97 Å². The number of allylic oxidation sites excluding steroid dienone is 1. The summed E-state index contributed by atoms with van der Waals surface area (Å²) < 4.78 is 0. The van der Waals surface area contributed by atoms with Crippen LogP contribution in [0.4, 0.5) is 0 Å². The number of aliphatic imine (C=N–C) groups is 1. The molecule has 1 aromatic heterocycles. The van der Waals surface area contributed by atoms with E-state index in [1.165, 1.54) is 0 Å². The number of imidazole rings is 1. The van der Waals surface area contributed by atoms with Crippen LogP contribution >= 0.6 is 0 Å². The summed E-state index contributed by atoms with van der Waals surface area (Å²) >= 11 is 0. The van der Waals surface area contributed by atoms with Gasteiger partial charge in [-0.2, -0.15) is 5.26 Å². The second-order valence-electron chi connectivity index (χ2n) is 8.14. The number of nitrogens with one attached hydrogen (secondary N) is 1. The number of aromatic nitrogens is 2. The maximum absolute atomic E-state index is 12.9.